The third kappa shape index (κ3) is 2.53. The molecule has 1 atom stereocenters. The van der Waals surface area contributed by atoms with Gasteiger partial charge < -0.3 is 4.90 Å². The van der Waals surface area contributed by atoms with Gasteiger partial charge in [-0.25, -0.2) is 9.97 Å². The highest BCUT2D eigenvalue weighted by molar-refractivity contribution is 5.55. The molecule has 1 aromatic heterocycles. The summed E-state index contributed by atoms with van der Waals surface area (Å²) in [5, 5.41) is 0. The van der Waals surface area contributed by atoms with Gasteiger partial charge in [0, 0.05) is 29.0 Å². The zero-order valence-electron chi connectivity index (χ0n) is 15.2. The Morgan fingerprint density at radius 3 is 2.45 bits per heavy atom. The van der Waals surface area contributed by atoms with E-state index in [1.54, 1.807) is 0 Å². The van der Waals surface area contributed by atoms with Crippen molar-refractivity contribution < 1.29 is 0 Å². The lowest BCUT2D eigenvalue weighted by Gasteiger charge is -2.37. The first-order valence-corrected chi connectivity index (χ1v) is 8.92. The summed E-state index contributed by atoms with van der Waals surface area (Å²) in [5.41, 5.74) is 2.82. The molecule has 0 N–H and O–H groups in total. The van der Waals surface area contributed by atoms with Crippen LogP contribution in [0.5, 0.6) is 0 Å². The molecule has 0 amide bonds. The van der Waals surface area contributed by atoms with Crippen LogP contribution in [0.25, 0.3) is 0 Å². The van der Waals surface area contributed by atoms with Gasteiger partial charge in [0.1, 0.15) is 11.6 Å². The van der Waals surface area contributed by atoms with E-state index < -0.39 is 0 Å². The van der Waals surface area contributed by atoms with Gasteiger partial charge in [0.2, 0.25) is 0 Å². The molecule has 3 heteroatoms. The van der Waals surface area contributed by atoms with Crippen LogP contribution in [0, 0.1) is 0 Å². The predicted molar refractivity (Wildman–Crippen MR) is 92.7 cm³/mol. The predicted octanol–water partition coefficient (Wildman–Crippen LogP) is 4.38. The molecule has 0 radical (unpaired) electrons. The monoisotopic (exact) mass is 301 g/mol. The summed E-state index contributed by atoms with van der Waals surface area (Å²) in [4.78, 5) is 12.7. The van der Waals surface area contributed by atoms with E-state index in [0.29, 0.717) is 6.04 Å². The number of rotatable bonds is 2. The quantitative estimate of drug-likeness (QED) is 0.812. The maximum atomic E-state index is 5.09. The van der Waals surface area contributed by atoms with Gasteiger partial charge in [-0.1, -0.05) is 41.5 Å². The van der Waals surface area contributed by atoms with Crippen molar-refractivity contribution in [3.63, 3.8) is 0 Å². The van der Waals surface area contributed by atoms with Crippen LogP contribution in [-0.4, -0.2) is 22.6 Å². The van der Waals surface area contributed by atoms with Crippen molar-refractivity contribution in [3.8, 4) is 0 Å². The van der Waals surface area contributed by atoms with E-state index in [1.165, 1.54) is 42.9 Å². The van der Waals surface area contributed by atoms with Crippen LogP contribution < -0.4 is 4.90 Å². The highest BCUT2D eigenvalue weighted by Gasteiger charge is 2.37. The van der Waals surface area contributed by atoms with E-state index in [0.717, 1.165) is 18.7 Å². The first-order valence-electron chi connectivity index (χ1n) is 8.92. The van der Waals surface area contributed by atoms with Gasteiger partial charge in [-0.05, 0) is 32.1 Å². The fourth-order valence-electron chi connectivity index (χ4n) is 3.75. The van der Waals surface area contributed by atoms with Crippen molar-refractivity contribution >= 4 is 5.82 Å². The normalized spacial score (nSPS) is 21.7. The molecule has 0 bridgehead atoms. The molecule has 0 aromatic carbocycles. The molecule has 1 saturated heterocycles. The Hall–Kier alpha value is -1.12. The molecule has 1 unspecified atom stereocenters. The molecule has 1 fully saturated rings. The maximum absolute atomic E-state index is 5.09. The molecular weight excluding hydrogens is 270 g/mol. The van der Waals surface area contributed by atoms with Gasteiger partial charge in [0.15, 0.2) is 0 Å². The summed E-state index contributed by atoms with van der Waals surface area (Å²) in [6.45, 7) is 14.8. The van der Waals surface area contributed by atoms with Crippen molar-refractivity contribution in [1.29, 1.82) is 0 Å². The number of nitrogens with zero attached hydrogens (tertiary/aromatic N) is 3. The molecule has 3 rings (SSSR count). The van der Waals surface area contributed by atoms with Crippen LogP contribution >= 0.6 is 0 Å². The summed E-state index contributed by atoms with van der Waals surface area (Å²) in [7, 11) is 0. The second kappa shape index (κ2) is 5.21. The molecule has 3 nitrogen and oxygen atoms in total. The minimum absolute atomic E-state index is 0.0434. The van der Waals surface area contributed by atoms with Crippen LogP contribution in [-0.2, 0) is 17.3 Å². The van der Waals surface area contributed by atoms with Gasteiger partial charge in [0.25, 0.3) is 0 Å². The smallest absolute Gasteiger partial charge is 0.136 e. The van der Waals surface area contributed by atoms with Crippen LogP contribution in [0.3, 0.4) is 0 Å². The molecule has 0 spiro atoms. The fourth-order valence-corrected chi connectivity index (χ4v) is 3.75. The lowest BCUT2D eigenvalue weighted by Crippen LogP contribution is -2.38. The average molecular weight is 301 g/mol. The van der Waals surface area contributed by atoms with E-state index in [4.69, 9.17) is 9.97 Å². The second-order valence-corrected chi connectivity index (χ2v) is 8.71. The Balaban J connectivity index is 2.19. The maximum Gasteiger partial charge on any atom is 0.136 e. The lowest BCUT2D eigenvalue weighted by atomic mass is 9.83. The van der Waals surface area contributed by atoms with Gasteiger partial charge in [-0.2, -0.15) is 0 Å². The van der Waals surface area contributed by atoms with Gasteiger partial charge >= 0.3 is 0 Å². The van der Waals surface area contributed by atoms with Crippen molar-refractivity contribution in [2.45, 2.75) is 90.5 Å². The Morgan fingerprint density at radius 1 is 1.09 bits per heavy atom. The lowest BCUT2D eigenvalue weighted by molar-refractivity contribution is 0.451. The van der Waals surface area contributed by atoms with Crippen LogP contribution in [0.1, 0.15) is 84.3 Å². The Kier molecular flexibility index (Phi) is 3.73. The third-order valence-electron chi connectivity index (χ3n) is 5.56. The minimum Gasteiger partial charge on any atom is -0.353 e. The van der Waals surface area contributed by atoms with Gasteiger partial charge in [-0.3, -0.25) is 0 Å². The number of hydrogen-bond acceptors (Lipinski definition) is 3. The number of aromatic nitrogens is 2. The van der Waals surface area contributed by atoms with E-state index >= 15 is 0 Å². The standard InChI is InChI=1S/C19H31N3/c1-7-19(5,6)17-20-15(18(2,3)4)14-11-10-13-9-8-12-22(13)16(14)21-17/h13H,7-12H2,1-6H3. The summed E-state index contributed by atoms with van der Waals surface area (Å²) < 4.78 is 0. The van der Waals surface area contributed by atoms with E-state index in [2.05, 4.69) is 46.4 Å². The first-order chi connectivity index (χ1) is 10.2. The zero-order valence-corrected chi connectivity index (χ0v) is 15.2. The summed E-state index contributed by atoms with van der Waals surface area (Å²) in [6, 6.07) is 0.716. The van der Waals surface area contributed by atoms with Crippen molar-refractivity contribution in [1.82, 2.24) is 9.97 Å². The molecule has 122 valence electrons. The molecular formula is C19H31N3. The molecule has 3 heterocycles. The van der Waals surface area contributed by atoms with Crippen LogP contribution in [0.4, 0.5) is 5.82 Å². The molecule has 1 aromatic rings. The Bertz CT molecular complexity index is 569. The number of anilines is 1. The summed E-state index contributed by atoms with van der Waals surface area (Å²) >= 11 is 0. The molecule has 2 aliphatic heterocycles. The number of hydrogen-bond donors (Lipinski definition) is 0. The van der Waals surface area contributed by atoms with Crippen molar-refractivity contribution in [3.05, 3.63) is 17.1 Å². The zero-order chi connectivity index (χ0) is 16.1. The highest BCUT2D eigenvalue weighted by Crippen LogP contribution is 2.40. The molecule has 2 aliphatic rings. The fraction of sp³-hybridized carbons (Fsp3) is 0.789. The largest absolute Gasteiger partial charge is 0.353 e. The molecule has 0 saturated carbocycles. The second-order valence-electron chi connectivity index (χ2n) is 8.71. The minimum atomic E-state index is 0.0434. The Morgan fingerprint density at radius 2 is 1.82 bits per heavy atom. The van der Waals surface area contributed by atoms with Crippen molar-refractivity contribution in [2.24, 2.45) is 0 Å². The first kappa shape index (κ1) is 15.8. The summed E-state index contributed by atoms with van der Waals surface area (Å²) in [5.74, 6) is 2.29. The van der Waals surface area contributed by atoms with Crippen molar-refractivity contribution in [2.75, 3.05) is 11.4 Å². The van der Waals surface area contributed by atoms with E-state index in [1.807, 2.05) is 0 Å². The Labute approximate surface area is 135 Å². The SMILES string of the molecule is CCC(C)(C)c1nc2c(c(C(C)(C)C)n1)CCC1CCCN21. The van der Waals surface area contributed by atoms with Gasteiger partial charge in [-0.15, -0.1) is 0 Å². The number of fused-ring (bicyclic) bond motifs is 3. The average Bonchev–Trinajstić information content (AvgIpc) is 2.93. The molecule has 22 heavy (non-hydrogen) atoms. The summed E-state index contributed by atoms with van der Waals surface area (Å²) in [6.07, 6.45) is 6.14. The molecule has 0 aliphatic carbocycles. The topological polar surface area (TPSA) is 29.0 Å². The third-order valence-corrected chi connectivity index (χ3v) is 5.56. The highest BCUT2D eigenvalue weighted by atomic mass is 15.2. The van der Waals surface area contributed by atoms with E-state index in [-0.39, 0.29) is 10.8 Å². The van der Waals surface area contributed by atoms with E-state index in [9.17, 15) is 0 Å². The van der Waals surface area contributed by atoms with Crippen LogP contribution in [0.2, 0.25) is 0 Å². The van der Waals surface area contributed by atoms with Crippen LogP contribution in [0.15, 0.2) is 0 Å². The van der Waals surface area contributed by atoms with Gasteiger partial charge in [0.05, 0.1) is 5.69 Å².